The van der Waals surface area contributed by atoms with Gasteiger partial charge in [-0.2, -0.15) is 0 Å². The van der Waals surface area contributed by atoms with Crippen molar-refractivity contribution in [2.75, 3.05) is 19.5 Å². The van der Waals surface area contributed by atoms with Crippen LogP contribution in [-0.4, -0.2) is 55.9 Å². The summed E-state index contributed by atoms with van der Waals surface area (Å²) >= 11 is 0. The Bertz CT molecular complexity index is 699. The van der Waals surface area contributed by atoms with E-state index in [9.17, 15) is 14.4 Å². The van der Waals surface area contributed by atoms with Crippen LogP contribution in [-0.2, 0) is 19.1 Å². The summed E-state index contributed by atoms with van der Waals surface area (Å²) < 4.78 is 15.0. The fraction of sp³-hybridized carbons (Fsp3) is 0.550. The molecule has 0 unspecified atom stereocenters. The molecular formula is C20H31N3O6. The topological polar surface area (TPSA) is 115 Å². The Hall–Kier alpha value is -2.97. The van der Waals surface area contributed by atoms with Crippen molar-refractivity contribution in [3.05, 3.63) is 24.3 Å². The van der Waals surface area contributed by atoms with Gasteiger partial charge in [-0.25, -0.2) is 9.59 Å². The van der Waals surface area contributed by atoms with Crippen LogP contribution in [0.3, 0.4) is 0 Å². The number of nitrogens with one attached hydrogen (secondary N) is 3. The van der Waals surface area contributed by atoms with Gasteiger partial charge in [0.1, 0.15) is 23.4 Å². The molecule has 0 aliphatic heterocycles. The van der Waals surface area contributed by atoms with Crippen molar-refractivity contribution in [1.29, 1.82) is 0 Å². The van der Waals surface area contributed by atoms with E-state index in [1.807, 2.05) is 0 Å². The van der Waals surface area contributed by atoms with E-state index in [1.165, 1.54) is 14.0 Å². The van der Waals surface area contributed by atoms with E-state index < -0.39 is 41.7 Å². The smallest absolute Gasteiger partial charge is 0.407 e. The molecule has 0 fully saturated rings. The quantitative estimate of drug-likeness (QED) is 0.563. The zero-order chi connectivity index (χ0) is 22.2. The minimum absolute atomic E-state index is 0.484. The van der Waals surface area contributed by atoms with Crippen LogP contribution in [0, 0.1) is 0 Å². The first-order valence-electron chi connectivity index (χ1n) is 9.25. The standard InChI is InChI=1S/C20H31N3O6/c1-12(22-19(26)29-20(3,4)5)16(17(24)21-13(2)18(25)28-7)23-14-8-10-15(27-6)11-9-14/h8-13,16,23H,1-7H3,(H,21,24)(H,22,26)/t12-,13-,16+/m0/s1. The molecule has 9 nitrogen and oxygen atoms in total. The molecule has 0 saturated carbocycles. The monoisotopic (exact) mass is 409 g/mol. The number of amides is 2. The number of carbonyl (C=O) groups excluding carboxylic acids is 3. The molecule has 2 amide bonds. The molecule has 0 spiro atoms. The van der Waals surface area contributed by atoms with Gasteiger partial charge in [0.25, 0.3) is 0 Å². The normalized spacial score (nSPS) is 14.0. The number of methoxy groups -OCH3 is 2. The summed E-state index contributed by atoms with van der Waals surface area (Å²) in [4.78, 5) is 36.6. The van der Waals surface area contributed by atoms with Gasteiger partial charge in [-0.15, -0.1) is 0 Å². The lowest BCUT2D eigenvalue weighted by atomic mass is 10.1. The van der Waals surface area contributed by atoms with E-state index in [1.54, 1.807) is 59.1 Å². The zero-order valence-electron chi connectivity index (χ0n) is 18.0. The predicted octanol–water partition coefficient (Wildman–Crippen LogP) is 2.07. The maximum Gasteiger partial charge on any atom is 0.407 e. The third-order valence-corrected chi connectivity index (χ3v) is 3.85. The van der Waals surface area contributed by atoms with Gasteiger partial charge >= 0.3 is 12.1 Å². The van der Waals surface area contributed by atoms with Crippen molar-refractivity contribution in [2.24, 2.45) is 0 Å². The maximum atomic E-state index is 12.8. The SMILES string of the molecule is COC(=O)[C@H](C)NC(=O)[C@H](Nc1ccc(OC)cc1)[C@H](C)NC(=O)OC(C)(C)C. The molecule has 1 aromatic rings. The maximum absolute atomic E-state index is 12.8. The average Bonchev–Trinajstić information content (AvgIpc) is 2.63. The van der Waals surface area contributed by atoms with Gasteiger partial charge < -0.3 is 30.2 Å². The van der Waals surface area contributed by atoms with Crippen LogP contribution in [0.1, 0.15) is 34.6 Å². The summed E-state index contributed by atoms with van der Waals surface area (Å²) in [5.74, 6) is -0.396. The molecule has 0 aliphatic carbocycles. The zero-order valence-corrected chi connectivity index (χ0v) is 18.0. The first-order valence-corrected chi connectivity index (χ1v) is 9.25. The minimum Gasteiger partial charge on any atom is -0.497 e. The van der Waals surface area contributed by atoms with E-state index in [0.717, 1.165) is 0 Å². The van der Waals surface area contributed by atoms with E-state index in [2.05, 4.69) is 20.7 Å². The van der Waals surface area contributed by atoms with Crippen LogP contribution < -0.4 is 20.7 Å². The molecular weight excluding hydrogens is 378 g/mol. The Labute approximate surface area is 171 Å². The summed E-state index contributed by atoms with van der Waals surface area (Å²) in [5, 5.41) is 8.30. The average molecular weight is 409 g/mol. The third-order valence-electron chi connectivity index (χ3n) is 3.85. The fourth-order valence-corrected chi connectivity index (χ4v) is 2.40. The van der Waals surface area contributed by atoms with Crippen molar-refractivity contribution in [3.63, 3.8) is 0 Å². The third kappa shape index (κ3) is 8.28. The van der Waals surface area contributed by atoms with Gasteiger partial charge in [-0.1, -0.05) is 0 Å². The second-order valence-corrected chi connectivity index (χ2v) is 7.54. The summed E-state index contributed by atoms with van der Waals surface area (Å²) in [6.07, 6.45) is -0.652. The first kappa shape index (κ1) is 24.1. The van der Waals surface area contributed by atoms with E-state index in [0.29, 0.717) is 11.4 Å². The lowest BCUT2D eigenvalue weighted by molar-refractivity contribution is -0.144. The predicted molar refractivity (Wildman–Crippen MR) is 109 cm³/mol. The Balaban J connectivity index is 2.97. The highest BCUT2D eigenvalue weighted by Gasteiger charge is 2.30. The van der Waals surface area contributed by atoms with Crippen LogP contribution in [0.2, 0.25) is 0 Å². The Morgan fingerprint density at radius 2 is 1.55 bits per heavy atom. The fourth-order valence-electron chi connectivity index (χ4n) is 2.40. The molecule has 162 valence electrons. The Morgan fingerprint density at radius 3 is 2.03 bits per heavy atom. The van der Waals surface area contributed by atoms with Crippen LogP contribution in [0.5, 0.6) is 5.75 Å². The highest BCUT2D eigenvalue weighted by Crippen LogP contribution is 2.17. The largest absolute Gasteiger partial charge is 0.497 e. The lowest BCUT2D eigenvalue weighted by Gasteiger charge is -2.28. The molecule has 9 heteroatoms. The molecule has 3 atom stereocenters. The highest BCUT2D eigenvalue weighted by molar-refractivity contribution is 5.90. The van der Waals surface area contributed by atoms with E-state index >= 15 is 0 Å². The van der Waals surface area contributed by atoms with E-state index in [4.69, 9.17) is 9.47 Å². The van der Waals surface area contributed by atoms with Crippen LogP contribution in [0.25, 0.3) is 0 Å². The number of benzene rings is 1. The molecule has 0 aromatic heterocycles. The number of ether oxygens (including phenoxy) is 3. The number of hydrogen-bond donors (Lipinski definition) is 3. The summed E-state index contributed by atoms with van der Waals surface area (Å²) in [6, 6.07) is 4.56. The molecule has 29 heavy (non-hydrogen) atoms. The van der Waals surface area contributed by atoms with Gasteiger partial charge in [0.15, 0.2) is 0 Å². The second kappa shape index (κ2) is 10.5. The van der Waals surface area contributed by atoms with Gasteiger partial charge in [0.2, 0.25) is 5.91 Å². The molecule has 3 N–H and O–H groups in total. The summed E-state index contributed by atoms with van der Waals surface area (Å²) in [7, 11) is 2.80. The van der Waals surface area contributed by atoms with Crippen molar-refractivity contribution >= 4 is 23.7 Å². The van der Waals surface area contributed by atoms with Crippen LogP contribution in [0.15, 0.2) is 24.3 Å². The number of alkyl carbamates (subject to hydrolysis) is 1. The minimum atomic E-state index is -0.886. The number of carbonyl (C=O) groups is 3. The first-order chi connectivity index (χ1) is 13.5. The molecule has 0 aliphatic rings. The molecule has 0 saturated heterocycles. The number of esters is 1. The molecule has 1 aromatic carbocycles. The molecule has 0 heterocycles. The van der Waals surface area contributed by atoms with Crippen molar-refractivity contribution in [1.82, 2.24) is 10.6 Å². The lowest BCUT2D eigenvalue weighted by Crippen LogP contribution is -2.55. The number of hydrogen-bond acceptors (Lipinski definition) is 7. The van der Waals surface area contributed by atoms with Crippen molar-refractivity contribution < 1.29 is 28.6 Å². The Kier molecular flexibility index (Phi) is 8.75. The summed E-state index contributed by atoms with van der Waals surface area (Å²) in [6.45, 7) is 8.41. The molecule has 1 rings (SSSR count). The Morgan fingerprint density at radius 1 is 0.966 bits per heavy atom. The second-order valence-electron chi connectivity index (χ2n) is 7.54. The van der Waals surface area contributed by atoms with E-state index in [-0.39, 0.29) is 0 Å². The van der Waals surface area contributed by atoms with Gasteiger partial charge in [-0.05, 0) is 58.9 Å². The van der Waals surface area contributed by atoms with Crippen molar-refractivity contribution in [2.45, 2.75) is 58.3 Å². The van der Waals surface area contributed by atoms with Gasteiger partial charge in [-0.3, -0.25) is 4.79 Å². The van der Waals surface area contributed by atoms with Crippen molar-refractivity contribution in [3.8, 4) is 5.75 Å². The van der Waals surface area contributed by atoms with Gasteiger partial charge in [0, 0.05) is 5.69 Å². The van der Waals surface area contributed by atoms with Crippen LogP contribution in [0.4, 0.5) is 10.5 Å². The highest BCUT2D eigenvalue weighted by atomic mass is 16.6. The number of rotatable bonds is 8. The molecule has 0 bridgehead atoms. The number of anilines is 1. The summed E-state index contributed by atoms with van der Waals surface area (Å²) in [5.41, 5.74) is -0.0424. The molecule has 0 radical (unpaired) electrons. The van der Waals surface area contributed by atoms with Gasteiger partial charge in [0.05, 0.1) is 20.3 Å². The van der Waals surface area contributed by atoms with Crippen LogP contribution >= 0.6 is 0 Å².